The molecule has 0 spiro atoms. The highest BCUT2D eigenvalue weighted by molar-refractivity contribution is 5.94. The minimum absolute atomic E-state index is 0.0425. The molecule has 1 aliphatic rings. The predicted octanol–water partition coefficient (Wildman–Crippen LogP) is 0.973. The van der Waals surface area contributed by atoms with Crippen molar-refractivity contribution in [3.63, 3.8) is 0 Å². The fraction of sp³-hybridized carbons (Fsp3) is 0.250. The SMILES string of the molecule is O=C1CC(O)CN1c1nnc(-c2ccc(F)cc2)o1. The van der Waals surface area contributed by atoms with Crippen LogP contribution in [-0.4, -0.2) is 33.9 Å². The van der Waals surface area contributed by atoms with Crippen molar-refractivity contribution in [2.24, 2.45) is 0 Å². The zero-order valence-electron chi connectivity index (χ0n) is 9.78. The minimum atomic E-state index is -0.714. The molecular weight excluding hydrogens is 253 g/mol. The number of aliphatic hydroxyl groups excluding tert-OH is 1. The van der Waals surface area contributed by atoms with Gasteiger partial charge in [-0.15, -0.1) is 5.10 Å². The van der Waals surface area contributed by atoms with E-state index in [4.69, 9.17) is 4.42 Å². The molecule has 2 heterocycles. The number of halogens is 1. The Hall–Kier alpha value is -2.28. The zero-order valence-corrected chi connectivity index (χ0v) is 9.78. The van der Waals surface area contributed by atoms with Crippen molar-refractivity contribution in [2.45, 2.75) is 12.5 Å². The Morgan fingerprint density at radius 1 is 1.32 bits per heavy atom. The molecule has 6 nitrogen and oxygen atoms in total. The molecule has 0 radical (unpaired) electrons. The summed E-state index contributed by atoms with van der Waals surface area (Å²) in [6.07, 6.45) is -0.664. The molecule has 98 valence electrons. The van der Waals surface area contributed by atoms with E-state index in [0.717, 1.165) is 0 Å². The van der Waals surface area contributed by atoms with Gasteiger partial charge in [-0.2, -0.15) is 0 Å². The largest absolute Gasteiger partial charge is 0.403 e. The number of carbonyl (C=O) groups excluding carboxylic acids is 1. The van der Waals surface area contributed by atoms with Gasteiger partial charge in [0.2, 0.25) is 11.8 Å². The Kier molecular flexibility index (Phi) is 2.75. The van der Waals surface area contributed by atoms with Gasteiger partial charge in [-0.1, -0.05) is 5.10 Å². The molecule has 1 aromatic carbocycles. The summed E-state index contributed by atoms with van der Waals surface area (Å²) in [7, 11) is 0. The molecule has 1 aliphatic heterocycles. The van der Waals surface area contributed by atoms with E-state index in [-0.39, 0.29) is 36.6 Å². The average Bonchev–Trinajstić information content (AvgIpc) is 2.97. The van der Waals surface area contributed by atoms with Gasteiger partial charge in [0.1, 0.15) is 5.82 Å². The molecule has 3 rings (SSSR count). The topological polar surface area (TPSA) is 79.5 Å². The fourth-order valence-corrected chi connectivity index (χ4v) is 1.91. The number of benzene rings is 1. The van der Waals surface area contributed by atoms with Crippen molar-refractivity contribution >= 4 is 11.9 Å². The van der Waals surface area contributed by atoms with Crippen LogP contribution in [0.25, 0.3) is 11.5 Å². The fourth-order valence-electron chi connectivity index (χ4n) is 1.91. The van der Waals surface area contributed by atoms with Gasteiger partial charge in [0, 0.05) is 5.56 Å². The summed E-state index contributed by atoms with van der Waals surface area (Å²) in [5, 5.41) is 17.0. The summed E-state index contributed by atoms with van der Waals surface area (Å²) in [6.45, 7) is 0.143. The quantitative estimate of drug-likeness (QED) is 0.873. The number of aromatic nitrogens is 2. The van der Waals surface area contributed by atoms with Gasteiger partial charge in [0.25, 0.3) is 0 Å². The molecule has 1 amide bonds. The van der Waals surface area contributed by atoms with Crippen LogP contribution >= 0.6 is 0 Å². The Morgan fingerprint density at radius 2 is 2.05 bits per heavy atom. The minimum Gasteiger partial charge on any atom is -0.403 e. The van der Waals surface area contributed by atoms with Crippen LogP contribution in [0.1, 0.15) is 6.42 Å². The zero-order chi connectivity index (χ0) is 13.4. The van der Waals surface area contributed by atoms with Crippen molar-refractivity contribution in [1.29, 1.82) is 0 Å². The van der Waals surface area contributed by atoms with Gasteiger partial charge in [-0.25, -0.2) is 4.39 Å². The lowest BCUT2D eigenvalue weighted by Crippen LogP contribution is -2.25. The molecule has 1 N–H and O–H groups in total. The first-order chi connectivity index (χ1) is 9.13. The van der Waals surface area contributed by atoms with E-state index >= 15 is 0 Å². The maximum absolute atomic E-state index is 12.8. The first-order valence-corrected chi connectivity index (χ1v) is 5.71. The van der Waals surface area contributed by atoms with Gasteiger partial charge in [0.05, 0.1) is 19.1 Å². The lowest BCUT2D eigenvalue weighted by molar-refractivity contribution is -0.117. The van der Waals surface area contributed by atoms with Crippen LogP contribution in [-0.2, 0) is 4.79 Å². The molecule has 7 heteroatoms. The summed E-state index contributed by atoms with van der Waals surface area (Å²) in [5.41, 5.74) is 0.562. The van der Waals surface area contributed by atoms with E-state index in [1.54, 1.807) is 0 Å². The third kappa shape index (κ3) is 2.19. The lowest BCUT2D eigenvalue weighted by atomic mass is 10.2. The van der Waals surface area contributed by atoms with E-state index in [0.29, 0.717) is 5.56 Å². The number of nitrogens with zero attached hydrogens (tertiary/aromatic N) is 3. The van der Waals surface area contributed by atoms with E-state index < -0.39 is 6.10 Å². The number of amides is 1. The highest BCUT2D eigenvalue weighted by Crippen LogP contribution is 2.25. The number of rotatable bonds is 2. The monoisotopic (exact) mass is 263 g/mol. The summed E-state index contributed by atoms with van der Waals surface area (Å²) in [4.78, 5) is 12.8. The highest BCUT2D eigenvalue weighted by Gasteiger charge is 2.32. The summed E-state index contributed by atoms with van der Waals surface area (Å²) in [5.74, 6) is -0.424. The van der Waals surface area contributed by atoms with Gasteiger partial charge in [-0.3, -0.25) is 9.69 Å². The number of aliphatic hydroxyl groups is 1. The Bertz CT molecular complexity index is 611. The predicted molar refractivity (Wildman–Crippen MR) is 62.7 cm³/mol. The maximum Gasteiger partial charge on any atom is 0.325 e. The molecule has 0 bridgehead atoms. The van der Waals surface area contributed by atoms with Crippen molar-refractivity contribution in [1.82, 2.24) is 10.2 Å². The molecule has 0 saturated carbocycles. The van der Waals surface area contributed by atoms with Crippen molar-refractivity contribution in [2.75, 3.05) is 11.4 Å². The van der Waals surface area contributed by atoms with Crippen molar-refractivity contribution < 1.29 is 18.7 Å². The average molecular weight is 263 g/mol. The molecule has 19 heavy (non-hydrogen) atoms. The molecule has 0 aliphatic carbocycles. The van der Waals surface area contributed by atoms with Crippen molar-refractivity contribution in [3.8, 4) is 11.5 Å². The second-order valence-corrected chi connectivity index (χ2v) is 4.26. The van der Waals surface area contributed by atoms with Crippen LogP contribution in [0.15, 0.2) is 28.7 Å². The van der Waals surface area contributed by atoms with E-state index in [2.05, 4.69) is 10.2 Å². The highest BCUT2D eigenvalue weighted by atomic mass is 19.1. The molecule has 1 unspecified atom stereocenters. The Labute approximate surface area is 107 Å². The number of carbonyl (C=O) groups is 1. The second-order valence-electron chi connectivity index (χ2n) is 4.26. The summed E-state index contributed by atoms with van der Waals surface area (Å²) >= 11 is 0. The number of anilines is 1. The molecular formula is C12H10FN3O3. The van der Waals surface area contributed by atoms with Crippen molar-refractivity contribution in [3.05, 3.63) is 30.1 Å². The normalized spacial score (nSPS) is 19.2. The van der Waals surface area contributed by atoms with Gasteiger partial charge in [-0.05, 0) is 24.3 Å². The molecule has 1 atom stereocenters. The summed E-state index contributed by atoms with van der Waals surface area (Å²) in [6, 6.07) is 5.62. The van der Waals surface area contributed by atoms with Crippen LogP contribution in [0.2, 0.25) is 0 Å². The molecule has 1 fully saturated rings. The van der Waals surface area contributed by atoms with E-state index in [9.17, 15) is 14.3 Å². The van der Waals surface area contributed by atoms with Gasteiger partial charge < -0.3 is 9.52 Å². The van der Waals surface area contributed by atoms with Gasteiger partial charge in [0.15, 0.2) is 0 Å². The van der Waals surface area contributed by atoms with E-state index in [1.165, 1.54) is 29.2 Å². The maximum atomic E-state index is 12.8. The third-order valence-corrected chi connectivity index (χ3v) is 2.84. The Morgan fingerprint density at radius 3 is 2.68 bits per heavy atom. The van der Waals surface area contributed by atoms with Crippen LogP contribution in [0.5, 0.6) is 0 Å². The van der Waals surface area contributed by atoms with E-state index in [1.807, 2.05) is 0 Å². The first kappa shape index (κ1) is 11.8. The molecule has 2 aromatic rings. The number of β-amino-alcohol motifs (C(OH)–C–C–N with tert-alkyl or cyclic N) is 1. The third-order valence-electron chi connectivity index (χ3n) is 2.84. The number of hydrogen-bond acceptors (Lipinski definition) is 5. The standard InChI is InChI=1S/C12H10FN3O3/c13-8-3-1-7(2-4-8)11-14-15-12(19-11)16-6-9(17)5-10(16)18/h1-4,9,17H,5-6H2. The van der Waals surface area contributed by atoms with Crippen LogP contribution in [0.4, 0.5) is 10.4 Å². The van der Waals surface area contributed by atoms with Gasteiger partial charge >= 0.3 is 6.01 Å². The molecule has 1 aromatic heterocycles. The van der Waals surface area contributed by atoms with Crippen LogP contribution < -0.4 is 4.90 Å². The summed E-state index contributed by atoms with van der Waals surface area (Å²) < 4.78 is 18.2. The van der Waals surface area contributed by atoms with Crippen LogP contribution in [0.3, 0.4) is 0 Å². The first-order valence-electron chi connectivity index (χ1n) is 5.71. The van der Waals surface area contributed by atoms with Crippen LogP contribution in [0, 0.1) is 5.82 Å². The lowest BCUT2D eigenvalue weighted by Gasteiger charge is -2.08. The second kappa shape index (κ2) is 4.43. The Balaban J connectivity index is 1.87. The molecule has 1 saturated heterocycles. The smallest absolute Gasteiger partial charge is 0.325 e. The number of hydrogen-bond donors (Lipinski definition) is 1.